The van der Waals surface area contributed by atoms with E-state index in [4.69, 9.17) is 5.11 Å². The highest BCUT2D eigenvalue weighted by atomic mass is 16.4. The lowest BCUT2D eigenvalue weighted by Crippen LogP contribution is -2.37. The topological polar surface area (TPSA) is 57.5 Å². The second-order valence-electron chi connectivity index (χ2n) is 3.24. The van der Waals surface area contributed by atoms with Crippen molar-refractivity contribution in [3.8, 4) is 0 Å². The summed E-state index contributed by atoms with van der Waals surface area (Å²) in [5, 5.41) is 18.1. The van der Waals surface area contributed by atoms with Crippen molar-refractivity contribution in [2.45, 2.75) is 18.9 Å². The minimum Gasteiger partial charge on any atom is -0.479 e. The highest BCUT2D eigenvalue weighted by Crippen LogP contribution is 2.12. The van der Waals surface area contributed by atoms with Crippen LogP contribution in [0.25, 0.3) is 0 Å². The van der Waals surface area contributed by atoms with E-state index < -0.39 is 11.6 Å². The lowest BCUT2D eigenvalue weighted by Gasteiger charge is -2.17. The number of hydrogen-bond donors (Lipinski definition) is 2. The fourth-order valence-corrected chi connectivity index (χ4v) is 1.07. The molecule has 0 spiro atoms. The van der Waals surface area contributed by atoms with E-state index in [1.165, 1.54) is 6.92 Å². The monoisotopic (exact) mass is 180 g/mol. The van der Waals surface area contributed by atoms with E-state index in [1.807, 2.05) is 18.2 Å². The van der Waals surface area contributed by atoms with Gasteiger partial charge in [-0.05, 0) is 12.5 Å². The SMILES string of the molecule is C[C@](O)(Cc1ccccc1)C(=O)O. The average molecular weight is 180 g/mol. The van der Waals surface area contributed by atoms with Crippen LogP contribution in [0.5, 0.6) is 0 Å². The van der Waals surface area contributed by atoms with Crippen molar-refractivity contribution in [2.75, 3.05) is 0 Å². The predicted molar refractivity (Wildman–Crippen MR) is 48.4 cm³/mol. The van der Waals surface area contributed by atoms with Crippen molar-refractivity contribution < 1.29 is 15.0 Å². The summed E-state index contributed by atoms with van der Waals surface area (Å²) in [6.45, 7) is 1.29. The van der Waals surface area contributed by atoms with Gasteiger partial charge in [0.05, 0.1) is 0 Å². The van der Waals surface area contributed by atoms with Crippen molar-refractivity contribution in [2.24, 2.45) is 0 Å². The Kier molecular flexibility index (Phi) is 2.68. The molecule has 0 amide bonds. The van der Waals surface area contributed by atoms with Crippen LogP contribution in [-0.2, 0) is 11.2 Å². The molecule has 13 heavy (non-hydrogen) atoms. The number of rotatable bonds is 3. The molecule has 1 rings (SSSR count). The Hall–Kier alpha value is -1.35. The van der Waals surface area contributed by atoms with E-state index in [0.29, 0.717) is 0 Å². The standard InChI is InChI=1S/C10H12O3/c1-10(13,9(11)12)7-8-5-3-2-4-6-8/h2-6,13H,7H2,1H3,(H,11,12)/t10-/m0/s1. The first kappa shape index (κ1) is 9.74. The summed E-state index contributed by atoms with van der Waals surface area (Å²) in [4.78, 5) is 10.6. The molecule has 1 atom stereocenters. The molecule has 2 N–H and O–H groups in total. The van der Waals surface area contributed by atoms with Gasteiger partial charge in [0.15, 0.2) is 5.60 Å². The van der Waals surface area contributed by atoms with Gasteiger partial charge in [0, 0.05) is 6.42 Å². The number of carboxylic acid groups (broad SMARTS) is 1. The first-order valence-electron chi connectivity index (χ1n) is 4.02. The lowest BCUT2D eigenvalue weighted by molar-refractivity contribution is -0.156. The summed E-state index contributed by atoms with van der Waals surface area (Å²) in [6.07, 6.45) is 0.128. The predicted octanol–water partition coefficient (Wildman–Crippen LogP) is 1.06. The third-order valence-corrected chi connectivity index (χ3v) is 1.85. The largest absolute Gasteiger partial charge is 0.479 e. The summed E-state index contributed by atoms with van der Waals surface area (Å²) in [6, 6.07) is 9.05. The molecule has 70 valence electrons. The van der Waals surface area contributed by atoms with Crippen LogP contribution < -0.4 is 0 Å². The number of carbonyl (C=O) groups is 1. The summed E-state index contributed by atoms with van der Waals surface area (Å²) >= 11 is 0. The molecule has 1 aromatic rings. The zero-order valence-electron chi connectivity index (χ0n) is 7.40. The van der Waals surface area contributed by atoms with Crippen molar-refractivity contribution in [1.29, 1.82) is 0 Å². The highest BCUT2D eigenvalue weighted by molar-refractivity contribution is 5.76. The fraction of sp³-hybridized carbons (Fsp3) is 0.300. The Labute approximate surface area is 76.6 Å². The van der Waals surface area contributed by atoms with Gasteiger partial charge in [-0.2, -0.15) is 0 Å². The summed E-state index contributed by atoms with van der Waals surface area (Å²) in [7, 11) is 0. The second kappa shape index (κ2) is 3.58. The van der Waals surface area contributed by atoms with Gasteiger partial charge in [-0.1, -0.05) is 30.3 Å². The molecule has 0 aliphatic carbocycles. The molecule has 0 radical (unpaired) electrons. The van der Waals surface area contributed by atoms with Crippen molar-refractivity contribution in [3.05, 3.63) is 35.9 Å². The maximum absolute atomic E-state index is 10.6. The molecule has 0 saturated heterocycles. The first-order chi connectivity index (χ1) is 6.02. The molecular weight excluding hydrogens is 168 g/mol. The van der Waals surface area contributed by atoms with Gasteiger partial charge in [0.2, 0.25) is 0 Å². The van der Waals surface area contributed by atoms with Gasteiger partial charge in [0.1, 0.15) is 0 Å². The summed E-state index contributed by atoms with van der Waals surface area (Å²) in [5.74, 6) is -1.20. The van der Waals surface area contributed by atoms with Crippen LogP contribution in [0.3, 0.4) is 0 Å². The fourth-order valence-electron chi connectivity index (χ4n) is 1.07. The molecule has 0 unspecified atom stereocenters. The molecule has 0 saturated carbocycles. The number of aliphatic carboxylic acids is 1. The Balaban J connectivity index is 2.75. The van der Waals surface area contributed by atoms with Gasteiger partial charge in [-0.3, -0.25) is 0 Å². The average Bonchev–Trinajstić information content (AvgIpc) is 2.05. The van der Waals surface area contributed by atoms with Crippen molar-refractivity contribution >= 4 is 5.97 Å². The summed E-state index contributed by atoms with van der Waals surface area (Å²) in [5.41, 5.74) is -0.864. The van der Waals surface area contributed by atoms with Gasteiger partial charge in [-0.15, -0.1) is 0 Å². The Morgan fingerprint density at radius 1 is 1.38 bits per heavy atom. The number of aliphatic hydroxyl groups is 1. The van der Waals surface area contributed by atoms with Crippen LogP contribution in [0.1, 0.15) is 12.5 Å². The van der Waals surface area contributed by atoms with Crippen molar-refractivity contribution in [3.63, 3.8) is 0 Å². The Bertz CT molecular complexity index is 290. The van der Waals surface area contributed by atoms with E-state index in [9.17, 15) is 9.90 Å². The van der Waals surface area contributed by atoms with Crippen molar-refractivity contribution in [1.82, 2.24) is 0 Å². The van der Waals surface area contributed by atoms with E-state index in [1.54, 1.807) is 12.1 Å². The minimum absolute atomic E-state index is 0.128. The highest BCUT2D eigenvalue weighted by Gasteiger charge is 2.29. The van der Waals surface area contributed by atoms with E-state index in [0.717, 1.165) is 5.56 Å². The maximum Gasteiger partial charge on any atom is 0.335 e. The van der Waals surface area contributed by atoms with Crippen LogP contribution in [0.15, 0.2) is 30.3 Å². The normalized spacial score (nSPS) is 14.9. The summed E-state index contributed by atoms with van der Waals surface area (Å²) < 4.78 is 0. The van der Waals surface area contributed by atoms with Crippen LogP contribution in [0.4, 0.5) is 0 Å². The zero-order chi connectivity index (χ0) is 9.90. The molecule has 0 aliphatic rings. The number of hydrogen-bond acceptors (Lipinski definition) is 2. The first-order valence-corrected chi connectivity index (χ1v) is 4.02. The number of benzene rings is 1. The van der Waals surface area contributed by atoms with Crippen LogP contribution in [0.2, 0.25) is 0 Å². The molecule has 0 heterocycles. The van der Waals surface area contributed by atoms with E-state index >= 15 is 0 Å². The zero-order valence-corrected chi connectivity index (χ0v) is 7.40. The van der Waals surface area contributed by atoms with Gasteiger partial charge in [0.25, 0.3) is 0 Å². The molecular formula is C10H12O3. The quantitative estimate of drug-likeness (QED) is 0.731. The third-order valence-electron chi connectivity index (χ3n) is 1.85. The van der Waals surface area contributed by atoms with E-state index in [2.05, 4.69) is 0 Å². The lowest BCUT2D eigenvalue weighted by atomic mass is 9.97. The van der Waals surface area contributed by atoms with Crippen LogP contribution in [-0.4, -0.2) is 21.8 Å². The Morgan fingerprint density at radius 3 is 2.38 bits per heavy atom. The van der Waals surface area contributed by atoms with Gasteiger partial charge >= 0.3 is 5.97 Å². The van der Waals surface area contributed by atoms with E-state index in [-0.39, 0.29) is 6.42 Å². The second-order valence-corrected chi connectivity index (χ2v) is 3.24. The Morgan fingerprint density at radius 2 is 1.92 bits per heavy atom. The molecule has 0 fully saturated rings. The molecule has 0 bridgehead atoms. The molecule has 3 nitrogen and oxygen atoms in total. The minimum atomic E-state index is -1.68. The molecule has 0 aliphatic heterocycles. The molecule has 0 aromatic heterocycles. The maximum atomic E-state index is 10.6. The van der Waals surface area contributed by atoms with Crippen LogP contribution in [0, 0.1) is 0 Å². The molecule has 3 heteroatoms. The van der Waals surface area contributed by atoms with Gasteiger partial charge in [-0.25, -0.2) is 4.79 Å². The third kappa shape index (κ3) is 2.56. The molecule has 1 aromatic carbocycles. The smallest absolute Gasteiger partial charge is 0.335 e. The number of carboxylic acids is 1. The van der Waals surface area contributed by atoms with Gasteiger partial charge < -0.3 is 10.2 Å². The van der Waals surface area contributed by atoms with Crippen LogP contribution >= 0.6 is 0 Å².